The van der Waals surface area contributed by atoms with Crippen LogP contribution in [-0.4, -0.2) is 304 Å². The highest BCUT2D eigenvalue weighted by atomic mass is 16.6. The molecule has 39 heteroatoms. The van der Waals surface area contributed by atoms with Crippen molar-refractivity contribution in [2.75, 3.05) is 159 Å². The van der Waals surface area contributed by atoms with Crippen molar-refractivity contribution in [3.8, 4) is 0 Å². The summed E-state index contributed by atoms with van der Waals surface area (Å²) in [7, 11) is 0. The van der Waals surface area contributed by atoms with E-state index >= 15 is 0 Å². The van der Waals surface area contributed by atoms with Gasteiger partial charge in [-0.05, 0) is 12.0 Å². The van der Waals surface area contributed by atoms with Crippen LogP contribution in [0.1, 0.15) is 82.6 Å². The normalized spacial score (nSPS) is 11.7. The average molecular weight is 1430 g/mol. The van der Waals surface area contributed by atoms with Crippen molar-refractivity contribution in [2.24, 2.45) is 0 Å². The SMILES string of the molecule is O=C(O)CCOCC(CCOCC(=O)O)(COCCC(=O)O)NC(=O)CCOCC(COCCC(=O)NC(COCCC(=O)O)(COCCC(=O)O)COCCC(=O)O)(COCCC(=O)NC(COCCC(=O)O)(COCCC(=O)O)COCCC(=O)O)NC(=O)OCc1ccccc1. The van der Waals surface area contributed by atoms with Crippen LogP contribution in [0.3, 0.4) is 0 Å². The number of benzene rings is 1. The Bertz CT molecular complexity index is 2230. The number of hydrogen-bond donors (Lipinski definition) is 13. The molecular weight excluding hydrogens is 1340 g/mol. The molecule has 0 aliphatic rings. The van der Waals surface area contributed by atoms with E-state index < -0.39 is 269 Å². The van der Waals surface area contributed by atoms with Gasteiger partial charge in [-0.3, -0.25) is 52.7 Å². The number of ether oxygens (including phenoxy) is 13. The molecule has 0 aliphatic heterocycles. The highest BCUT2D eigenvalue weighted by Gasteiger charge is 2.39. The van der Waals surface area contributed by atoms with Gasteiger partial charge in [0.15, 0.2) is 0 Å². The van der Waals surface area contributed by atoms with Crippen molar-refractivity contribution in [3.63, 3.8) is 0 Å². The maximum absolute atomic E-state index is 13.9. The number of nitrogens with one attached hydrogen (secondary N) is 4. The second-order valence-electron chi connectivity index (χ2n) is 22.1. The van der Waals surface area contributed by atoms with Crippen LogP contribution < -0.4 is 21.3 Å². The van der Waals surface area contributed by atoms with E-state index in [2.05, 4.69) is 21.3 Å². The lowest BCUT2D eigenvalue weighted by atomic mass is 9.97. The zero-order valence-corrected chi connectivity index (χ0v) is 54.7. The minimum Gasteiger partial charge on any atom is -0.481 e. The van der Waals surface area contributed by atoms with Crippen molar-refractivity contribution >= 4 is 77.5 Å². The fourth-order valence-electron chi connectivity index (χ4n) is 8.21. The van der Waals surface area contributed by atoms with Crippen LogP contribution in [0.15, 0.2) is 30.3 Å². The van der Waals surface area contributed by atoms with Crippen LogP contribution in [0.4, 0.5) is 4.79 Å². The minimum absolute atomic E-state index is 0.221. The third-order valence-electron chi connectivity index (χ3n) is 13.0. The molecular formula is C60H92N4O35. The molecule has 562 valence electrons. The lowest BCUT2D eigenvalue weighted by molar-refractivity contribution is -0.143. The van der Waals surface area contributed by atoms with Crippen LogP contribution >= 0.6 is 0 Å². The van der Waals surface area contributed by atoms with Crippen LogP contribution in [0.5, 0.6) is 0 Å². The van der Waals surface area contributed by atoms with Gasteiger partial charge in [0.1, 0.15) is 29.8 Å². The van der Waals surface area contributed by atoms with Crippen LogP contribution in [0.2, 0.25) is 0 Å². The number of rotatable bonds is 66. The Kier molecular flexibility index (Phi) is 46.4. The van der Waals surface area contributed by atoms with E-state index in [9.17, 15) is 108 Å². The predicted octanol–water partition coefficient (Wildman–Crippen LogP) is -1.14. The van der Waals surface area contributed by atoms with Gasteiger partial charge in [-0.25, -0.2) is 9.59 Å². The Hall–Kier alpha value is -8.35. The lowest BCUT2D eigenvalue weighted by Crippen LogP contribution is -2.60. The van der Waals surface area contributed by atoms with E-state index in [1.165, 1.54) is 0 Å². The topological polar surface area (TPSA) is 572 Å². The van der Waals surface area contributed by atoms with Crippen molar-refractivity contribution < 1.29 is 170 Å². The summed E-state index contributed by atoms with van der Waals surface area (Å²) in [6.45, 7) is -11.8. The summed E-state index contributed by atoms with van der Waals surface area (Å²) in [5.74, 6) is -13.7. The molecule has 0 spiro atoms. The van der Waals surface area contributed by atoms with Crippen molar-refractivity contribution in [1.82, 2.24) is 21.3 Å². The second-order valence-corrected chi connectivity index (χ2v) is 22.1. The zero-order chi connectivity index (χ0) is 73.8. The van der Waals surface area contributed by atoms with Crippen LogP contribution in [0, 0.1) is 0 Å². The molecule has 0 bridgehead atoms. The van der Waals surface area contributed by atoms with Gasteiger partial charge in [0.25, 0.3) is 0 Å². The number of carbonyl (C=O) groups is 13. The Morgan fingerprint density at radius 3 is 0.758 bits per heavy atom. The van der Waals surface area contributed by atoms with E-state index in [0.29, 0.717) is 5.56 Å². The standard InChI is InChI=1S/C60H92N4O35/c65-44(61-57(17-29-87-31-55(84)85,32-91-21-9-47(68)69)33-92-22-10-48(70)71)6-18-88-40-60(64-56(86)99-30-43-4-2-1-3-5-43,41-89-19-7-45(66)62-58(34-93-23-11-49(72)73,35-94-24-12-50(74)75)36-95-25-13-51(76)77)42-90-20-8-46(67)63-59(37-96-26-14-52(78)79,38-97-27-15-53(80)81)39-98-28-16-54(82)83/h1-5H,6-42H2,(H,61,65)(H,62,66)(H,63,67)(H,64,86)(H,68,69)(H,70,71)(H,72,73)(H,74,75)(H,76,77)(H,78,79)(H,80,81)(H,82,83)(H,84,85). The molecule has 0 radical (unpaired) electrons. The first-order chi connectivity index (χ1) is 47.0. The largest absolute Gasteiger partial charge is 0.481 e. The third-order valence-corrected chi connectivity index (χ3v) is 13.0. The fourth-order valence-corrected chi connectivity index (χ4v) is 8.21. The minimum atomic E-state index is -1.94. The van der Waals surface area contributed by atoms with Crippen LogP contribution in [0.25, 0.3) is 0 Å². The molecule has 0 fully saturated rings. The van der Waals surface area contributed by atoms with E-state index in [-0.39, 0.29) is 72.5 Å². The van der Waals surface area contributed by atoms with E-state index in [4.69, 9.17) is 61.6 Å². The number of alkyl carbamates (subject to hydrolysis) is 1. The van der Waals surface area contributed by atoms with Crippen LogP contribution in [-0.2, 0) is 126 Å². The molecule has 1 aromatic rings. The molecule has 0 heterocycles. The van der Waals surface area contributed by atoms with E-state index in [1.54, 1.807) is 30.3 Å². The predicted molar refractivity (Wildman–Crippen MR) is 329 cm³/mol. The molecule has 0 atom stereocenters. The molecule has 13 N–H and O–H groups in total. The number of hydrogen-bond acceptors (Lipinski definition) is 26. The third kappa shape index (κ3) is 47.3. The monoisotopic (exact) mass is 1430 g/mol. The lowest BCUT2D eigenvalue weighted by Gasteiger charge is -2.35. The highest BCUT2D eigenvalue weighted by molar-refractivity contribution is 5.78. The number of carbonyl (C=O) groups excluding carboxylic acids is 4. The molecule has 0 aromatic heterocycles. The van der Waals surface area contributed by atoms with Gasteiger partial charge in [-0.2, -0.15) is 0 Å². The first-order valence-electron chi connectivity index (χ1n) is 30.8. The van der Waals surface area contributed by atoms with Crippen molar-refractivity contribution in [2.45, 2.75) is 106 Å². The molecule has 99 heavy (non-hydrogen) atoms. The van der Waals surface area contributed by atoms with Gasteiger partial charge in [0.2, 0.25) is 17.7 Å². The molecule has 1 rings (SSSR count). The summed E-state index contributed by atoms with van der Waals surface area (Å²) < 4.78 is 73.5. The van der Waals surface area contributed by atoms with Gasteiger partial charge >= 0.3 is 59.8 Å². The van der Waals surface area contributed by atoms with E-state index in [0.717, 1.165) is 0 Å². The first kappa shape index (κ1) is 88.7. The summed E-state index contributed by atoms with van der Waals surface area (Å²) in [6, 6.07) is 8.32. The molecule has 0 unspecified atom stereocenters. The summed E-state index contributed by atoms with van der Waals surface area (Å²) in [4.78, 5) is 158. The average Bonchev–Trinajstić information content (AvgIpc) is 0.886. The van der Waals surface area contributed by atoms with E-state index in [1.807, 2.05) is 0 Å². The molecule has 0 aliphatic carbocycles. The fraction of sp³-hybridized carbons (Fsp3) is 0.683. The number of carboxylic acids is 9. The zero-order valence-electron chi connectivity index (χ0n) is 54.7. The van der Waals surface area contributed by atoms with Gasteiger partial charge in [0, 0.05) is 25.9 Å². The first-order valence-corrected chi connectivity index (χ1v) is 30.8. The summed E-state index contributed by atoms with van der Waals surface area (Å²) in [5, 5.41) is 93.7. The summed E-state index contributed by atoms with van der Waals surface area (Å²) in [5.41, 5.74) is -6.43. The van der Waals surface area contributed by atoms with Gasteiger partial charge < -0.3 is 129 Å². The number of amides is 4. The molecule has 1 aromatic carbocycles. The number of carboxylic acid groups (broad SMARTS) is 9. The second kappa shape index (κ2) is 51.8. The molecule has 0 saturated carbocycles. The van der Waals surface area contributed by atoms with Gasteiger partial charge in [0.05, 0.1) is 202 Å². The Morgan fingerprint density at radius 1 is 0.273 bits per heavy atom. The van der Waals surface area contributed by atoms with Crippen molar-refractivity contribution in [3.05, 3.63) is 35.9 Å². The van der Waals surface area contributed by atoms with Crippen molar-refractivity contribution in [1.29, 1.82) is 0 Å². The van der Waals surface area contributed by atoms with Gasteiger partial charge in [-0.1, -0.05) is 30.3 Å². The number of aliphatic carboxylic acids is 9. The summed E-state index contributed by atoms with van der Waals surface area (Å²) in [6.07, 6.45) is -6.80. The Balaban J connectivity index is 3.89. The molecule has 39 nitrogen and oxygen atoms in total. The maximum atomic E-state index is 13.9. The highest BCUT2D eigenvalue weighted by Crippen LogP contribution is 2.18. The Morgan fingerprint density at radius 2 is 0.505 bits per heavy atom. The maximum Gasteiger partial charge on any atom is 0.408 e. The summed E-state index contributed by atoms with van der Waals surface area (Å²) >= 11 is 0. The Labute approximate surface area is 567 Å². The quantitative estimate of drug-likeness (QED) is 0.0343. The molecule has 4 amide bonds. The smallest absolute Gasteiger partial charge is 0.408 e. The van der Waals surface area contributed by atoms with Gasteiger partial charge in [-0.15, -0.1) is 0 Å². The molecule has 0 saturated heterocycles.